The molecule has 0 aliphatic heterocycles. The third-order valence-corrected chi connectivity index (χ3v) is 4.88. The maximum atomic E-state index is 12.5. The summed E-state index contributed by atoms with van der Waals surface area (Å²) in [6.45, 7) is 3.04. The summed E-state index contributed by atoms with van der Waals surface area (Å²) in [6.07, 6.45) is 1.77. The van der Waals surface area contributed by atoms with Gasteiger partial charge in [0.1, 0.15) is 18.1 Å². The molecule has 0 radical (unpaired) electrons. The van der Waals surface area contributed by atoms with Gasteiger partial charge in [-0.05, 0) is 24.3 Å². The number of nitrogens with one attached hydrogen (secondary N) is 3. The van der Waals surface area contributed by atoms with Crippen LogP contribution in [0.15, 0.2) is 0 Å². The van der Waals surface area contributed by atoms with Gasteiger partial charge in [-0.3, -0.25) is 19.2 Å². The lowest BCUT2D eigenvalue weighted by Crippen LogP contribution is -2.57. The third-order valence-electron chi connectivity index (χ3n) is 4.24. The molecule has 11 nitrogen and oxygen atoms in total. The third kappa shape index (κ3) is 10.1. The van der Waals surface area contributed by atoms with E-state index >= 15 is 0 Å². The van der Waals surface area contributed by atoms with E-state index in [1.807, 2.05) is 0 Å². The molecular weight excluding hydrogens is 404 g/mol. The number of carboxylic acids is 2. The molecule has 0 aliphatic carbocycles. The maximum Gasteiger partial charge on any atom is 0.326 e. The van der Waals surface area contributed by atoms with Crippen LogP contribution in [0.2, 0.25) is 0 Å². The van der Waals surface area contributed by atoms with Crippen molar-refractivity contribution in [2.24, 2.45) is 11.7 Å². The van der Waals surface area contributed by atoms with Crippen molar-refractivity contribution in [3.8, 4) is 0 Å². The Balaban J connectivity index is 5.38. The smallest absolute Gasteiger partial charge is 0.326 e. The van der Waals surface area contributed by atoms with Crippen molar-refractivity contribution in [2.75, 3.05) is 18.6 Å². The van der Waals surface area contributed by atoms with Gasteiger partial charge in [-0.1, -0.05) is 20.3 Å². The summed E-state index contributed by atoms with van der Waals surface area (Å²) in [5.74, 6) is -4.76. The molecule has 4 unspecified atom stereocenters. The van der Waals surface area contributed by atoms with E-state index in [4.69, 9.17) is 10.8 Å². The van der Waals surface area contributed by atoms with Gasteiger partial charge in [0.25, 0.3) is 0 Å². The summed E-state index contributed by atoms with van der Waals surface area (Å²) in [5.41, 5.74) is 5.24. The standard InChI is InChI=1S/C17H30N4O7S/c1-4-9(2)14(17(27)28)21-16(26)11(7-13(23)24)20-15(25)10(5-6-29-3)19-12(22)8-18/h9-11,14H,4-8,18H2,1-3H3,(H,19,22)(H,20,25)(H,21,26)(H,23,24)(H,27,28). The Bertz CT molecular complexity index is 602. The molecular formula is C17H30N4O7S. The minimum atomic E-state index is -1.50. The SMILES string of the molecule is CCC(C)C(NC(=O)C(CC(=O)O)NC(=O)C(CCSC)NC(=O)CN)C(=O)O. The molecule has 0 aliphatic rings. The molecule has 166 valence electrons. The molecule has 0 saturated carbocycles. The number of amides is 3. The van der Waals surface area contributed by atoms with Crippen molar-refractivity contribution < 1.29 is 34.2 Å². The van der Waals surface area contributed by atoms with Crippen molar-refractivity contribution in [1.29, 1.82) is 0 Å². The Hall–Kier alpha value is -2.34. The van der Waals surface area contributed by atoms with Crippen molar-refractivity contribution >= 4 is 41.4 Å². The highest BCUT2D eigenvalue weighted by molar-refractivity contribution is 7.98. The highest BCUT2D eigenvalue weighted by atomic mass is 32.2. The molecule has 12 heteroatoms. The van der Waals surface area contributed by atoms with Crippen molar-refractivity contribution in [3.63, 3.8) is 0 Å². The minimum Gasteiger partial charge on any atom is -0.481 e. The second-order valence-corrected chi connectivity index (χ2v) is 7.46. The number of nitrogens with two attached hydrogens (primary N) is 1. The summed E-state index contributed by atoms with van der Waals surface area (Å²) in [5, 5.41) is 25.4. The van der Waals surface area contributed by atoms with Gasteiger partial charge >= 0.3 is 11.9 Å². The van der Waals surface area contributed by atoms with E-state index in [1.165, 1.54) is 11.8 Å². The molecule has 4 atom stereocenters. The van der Waals surface area contributed by atoms with Crippen LogP contribution in [0.1, 0.15) is 33.1 Å². The van der Waals surface area contributed by atoms with Crippen LogP contribution >= 0.6 is 11.8 Å². The fourth-order valence-corrected chi connectivity index (χ4v) is 2.82. The van der Waals surface area contributed by atoms with E-state index in [2.05, 4.69) is 16.0 Å². The molecule has 3 amide bonds. The zero-order chi connectivity index (χ0) is 22.6. The Morgan fingerprint density at radius 1 is 1.00 bits per heavy atom. The Kier molecular flexibility index (Phi) is 12.7. The summed E-state index contributed by atoms with van der Waals surface area (Å²) in [7, 11) is 0. The molecule has 0 bridgehead atoms. The first kappa shape index (κ1) is 26.7. The van der Waals surface area contributed by atoms with Gasteiger partial charge in [0.15, 0.2) is 0 Å². The summed E-state index contributed by atoms with van der Waals surface area (Å²) in [4.78, 5) is 59.1. The van der Waals surface area contributed by atoms with Gasteiger partial charge in [-0.2, -0.15) is 11.8 Å². The predicted molar refractivity (Wildman–Crippen MR) is 107 cm³/mol. The van der Waals surface area contributed by atoms with E-state index < -0.39 is 60.1 Å². The number of carbonyl (C=O) groups is 5. The van der Waals surface area contributed by atoms with Gasteiger partial charge in [-0.15, -0.1) is 0 Å². The fraction of sp³-hybridized carbons (Fsp3) is 0.706. The number of aliphatic carboxylic acids is 2. The molecule has 0 heterocycles. The van der Waals surface area contributed by atoms with Crippen molar-refractivity contribution in [3.05, 3.63) is 0 Å². The number of hydrogen-bond acceptors (Lipinski definition) is 7. The summed E-state index contributed by atoms with van der Waals surface area (Å²) >= 11 is 1.43. The molecule has 29 heavy (non-hydrogen) atoms. The first-order valence-electron chi connectivity index (χ1n) is 9.10. The minimum absolute atomic E-state index is 0.241. The normalized spacial score (nSPS) is 14.8. The van der Waals surface area contributed by atoms with Crippen molar-refractivity contribution in [1.82, 2.24) is 16.0 Å². The maximum absolute atomic E-state index is 12.5. The highest BCUT2D eigenvalue weighted by Crippen LogP contribution is 2.09. The van der Waals surface area contributed by atoms with Crippen LogP contribution in [0.4, 0.5) is 0 Å². The largest absolute Gasteiger partial charge is 0.481 e. The lowest BCUT2D eigenvalue weighted by atomic mass is 9.98. The van der Waals surface area contributed by atoms with E-state index in [0.29, 0.717) is 12.2 Å². The molecule has 0 rings (SSSR count). The molecule has 0 aromatic rings. The Labute approximate surface area is 173 Å². The second kappa shape index (κ2) is 13.8. The average molecular weight is 435 g/mol. The topological polar surface area (TPSA) is 188 Å². The lowest BCUT2D eigenvalue weighted by Gasteiger charge is -2.25. The molecule has 0 aromatic carbocycles. The first-order chi connectivity index (χ1) is 13.6. The van der Waals surface area contributed by atoms with Gasteiger partial charge in [-0.25, -0.2) is 4.79 Å². The average Bonchev–Trinajstić information content (AvgIpc) is 2.66. The van der Waals surface area contributed by atoms with Crippen LogP contribution in [-0.4, -0.2) is 76.6 Å². The molecule has 7 N–H and O–H groups in total. The number of hydrogen-bond donors (Lipinski definition) is 6. The Morgan fingerprint density at radius 3 is 2.03 bits per heavy atom. The Morgan fingerprint density at radius 2 is 1.59 bits per heavy atom. The molecule has 0 saturated heterocycles. The number of thioether (sulfide) groups is 1. The summed E-state index contributed by atoms with van der Waals surface area (Å²) < 4.78 is 0. The summed E-state index contributed by atoms with van der Waals surface area (Å²) in [6, 6.07) is -3.74. The second-order valence-electron chi connectivity index (χ2n) is 6.47. The number of carboxylic acid groups (broad SMARTS) is 2. The first-order valence-corrected chi connectivity index (χ1v) is 10.5. The van der Waals surface area contributed by atoms with Crippen LogP contribution in [0.25, 0.3) is 0 Å². The zero-order valence-electron chi connectivity index (χ0n) is 16.8. The van der Waals surface area contributed by atoms with Gasteiger partial charge < -0.3 is 31.9 Å². The quantitative estimate of drug-likeness (QED) is 0.194. The lowest BCUT2D eigenvalue weighted by molar-refractivity contribution is -0.144. The van der Waals surface area contributed by atoms with Gasteiger partial charge in [0, 0.05) is 0 Å². The molecule has 0 fully saturated rings. The number of carbonyl (C=O) groups excluding carboxylic acids is 3. The van der Waals surface area contributed by atoms with Crippen LogP contribution in [0.3, 0.4) is 0 Å². The zero-order valence-corrected chi connectivity index (χ0v) is 17.6. The van der Waals surface area contributed by atoms with E-state index in [1.54, 1.807) is 20.1 Å². The fourth-order valence-electron chi connectivity index (χ4n) is 2.35. The van der Waals surface area contributed by atoms with Gasteiger partial charge in [0.2, 0.25) is 17.7 Å². The number of rotatable bonds is 14. The van der Waals surface area contributed by atoms with E-state index in [9.17, 15) is 29.1 Å². The monoisotopic (exact) mass is 434 g/mol. The predicted octanol–water partition coefficient (Wildman–Crippen LogP) is -1.24. The molecule has 0 spiro atoms. The van der Waals surface area contributed by atoms with Gasteiger partial charge in [0.05, 0.1) is 13.0 Å². The van der Waals surface area contributed by atoms with Crippen LogP contribution in [0, 0.1) is 5.92 Å². The molecule has 0 aromatic heterocycles. The van der Waals surface area contributed by atoms with E-state index in [0.717, 1.165) is 0 Å². The van der Waals surface area contributed by atoms with Crippen LogP contribution in [-0.2, 0) is 24.0 Å². The van der Waals surface area contributed by atoms with Crippen molar-refractivity contribution in [2.45, 2.75) is 51.2 Å². The highest BCUT2D eigenvalue weighted by Gasteiger charge is 2.32. The van der Waals surface area contributed by atoms with E-state index in [-0.39, 0.29) is 13.0 Å². The van der Waals surface area contributed by atoms with Crippen LogP contribution < -0.4 is 21.7 Å². The van der Waals surface area contributed by atoms with Crippen LogP contribution in [0.5, 0.6) is 0 Å².